The predicted molar refractivity (Wildman–Crippen MR) is 163 cm³/mol. The summed E-state index contributed by atoms with van der Waals surface area (Å²) >= 11 is 0. The Morgan fingerprint density at radius 1 is 0.917 bits per heavy atom. The third-order valence-electron chi connectivity index (χ3n) is 7.53. The zero-order valence-corrected chi connectivity index (χ0v) is 25.4. The highest BCUT2D eigenvalue weighted by Gasteiger charge is 2.42. The van der Waals surface area contributed by atoms with Crippen LogP contribution in [0.25, 0.3) is 33.0 Å². The summed E-state index contributed by atoms with van der Waals surface area (Å²) in [5.74, 6) is -4.67. The lowest BCUT2D eigenvalue weighted by Crippen LogP contribution is -2.35. The fraction of sp³-hybridized carbons (Fsp3) is 0.156. The molecule has 5 aromatic rings. The Morgan fingerprint density at radius 2 is 1.48 bits per heavy atom. The maximum atomic E-state index is 14.0. The third kappa shape index (κ3) is 6.10. The van der Waals surface area contributed by atoms with Crippen molar-refractivity contribution in [3.8, 4) is 0 Å². The quantitative estimate of drug-likeness (QED) is 0.0934. The molecule has 13 nitrogen and oxygen atoms in total. The summed E-state index contributed by atoms with van der Waals surface area (Å²) in [7, 11) is 5.33. The molecule has 4 heterocycles. The number of hydrogen-bond donors (Lipinski definition) is 1. The van der Waals surface area contributed by atoms with Gasteiger partial charge in [-0.25, -0.2) is 19.1 Å². The number of hydrogen-bond acceptors (Lipinski definition) is 7. The summed E-state index contributed by atoms with van der Waals surface area (Å²) in [6, 6.07) is 15.2. The van der Waals surface area contributed by atoms with E-state index in [2.05, 4.69) is 0 Å². The van der Waals surface area contributed by atoms with Gasteiger partial charge in [-0.3, -0.25) is 19.7 Å². The van der Waals surface area contributed by atoms with Crippen LogP contribution in [0.1, 0.15) is 21.5 Å². The third-order valence-corrected chi connectivity index (χ3v) is 7.53. The molecular formula is C32H25F3N5O8+. The van der Waals surface area contributed by atoms with E-state index in [9.17, 15) is 37.7 Å². The zero-order chi connectivity index (χ0) is 35.1. The Morgan fingerprint density at radius 3 is 2.04 bits per heavy atom. The van der Waals surface area contributed by atoms with Crippen molar-refractivity contribution in [2.45, 2.75) is 6.18 Å². The van der Waals surface area contributed by atoms with Gasteiger partial charge in [-0.1, -0.05) is 18.2 Å². The smallest absolute Gasteiger partial charge is 0.475 e. The standard InChI is InChI=1S/C30H24N5O6.C2HF3O2/c1-31-12-6-7-18(14-31)30(38)41-17-34-28(36)26(22-15-32(2)24-9-5-4-8-20(22)24)27(29(34)37)23-16-33(3)25-13-19(35(39)40)10-11-21(23)25;3-2(4,5)1(6)7/h4-16H,17H2,1-3H3;(H,6,7)/q+1;. The molecule has 1 aliphatic rings. The first kappa shape index (κ1) is 33.1. The Bertz CT molecular complexity index is 2200. The van der Waals surface area contributed by atoms with Crippen LogP contribution in [0.3, 0.4) is 0 Å². The van der Waals surface area contributed by atoms with Gasteiger partial charge in [-0.05, 0) is 18.2 Å². The van der Waals surface area contributed by atoms with E-state index in [1.54, 1.807) is 66.2 Å². The second-order valence-corrected chi connectivity index (χ2v) is 10.7. The number of halogens is 3. The first-order valence-electron chi connectivity index (χ1n) is 13.9. The van der Waals surface area contributed by atoms with E-state index in [0.717, 1.165) is 15.8 Å². The number of aliphatic carboxylic acids is 1. The highest BCUT2D eigenvalue weighted by molar-refractivity contribution is 6.50. The van der Waals surface area contributed by atoms with Gasteiger partial charge in [0.2, 0.25) is 0 Å². The number of carboxylic acid groups (broad SMARTS) is 1. The number of benzene rings is 2. The van der Waals surface area contributed by atoms with E-state index in [1.165, 1.54) is 12.1 Å². The number of amides is 2. The number of carbonyl (C=O) groups is 4. The van der Waals surface area contributed by atoms with Crippen LogP contribution in [0.5, 0.6) is 0 Å². The molecule has 16 heteroatoms. The molecule has 1 aliphatic heterocycles. The number of aryl methyl sites for hydroxylation is 3. The lowest BCUT2D eigenvalue weighted by Gasteiger charge is -2.15. The number of nitro benzene ring substituents is 1. The van der Waals surface area contributed by atoms with E-state index in [1.807, 2.05) is 35.9 Å². The van der Waals surface area contributed by atoms with E-state index < -0.39 is 41.6 Å². The first-order chi connectivity index (χ1) is 22.6. The summed E-state index contributed by atoms with van der Waals surface area (Å²) < 4.78 is 42.4. The van der Waals surface area contributed by atoms with Gasteiger partial charge in [0.15, 0.2) is 19.1 Å². The lowest BCUT2D eigenvalue weighted by atomic mass is 9.95. The Kier molecular flexibility index (Phi) is 8.58. The molecule has 246 valence electrons. The fourth-order valence-corrected chi connectivity index (χ4v) is 5.33. The van der Waals surface area contributed by atoms with Gasteiger partial charge in [0.25, 0.3) is 17.5 Å². The molecule has 0 atom stereocenters. The van der Waals surface area contributed by atoms with Crippen LogP contribution in [0.4, 0.5) is 18.9 Å². The van der Waals surface area contributed by atoms with E-state index in [0.29, 0.717) is 22.0 Å². The molecular weight excluding hydrogens is 639 g/mol. The number of nitrogens with zero attached hydrogens (tertiary/aromatic N) is 5. The number of imide groups is 1. The summed E-state index contributed by atoms with van der Waals surface area (Å²) in [4.78, 5) is 61.5. The van der Waals surface area contributed by atoms with Crippen molar-refractivity contribution in [1.29, 1.82) is 0 Å². The van der Waals surface area contributed by atoms with Crippen LogP contribution in [0.2, 0.25) is 0 Å². The van der Waals surface area contributed by atoms with Gasteiger partial charge in [-0.15, -0.1) is 0 Å². The molecule has 0 radical (unpaired) electrons. The topological polar surface area (TPSA) is 158 Å². The van der Waals surface area contributed by atoms with Crippen LogP contribution in [0, 0.1) is 10.1 Å². The molecule has 0 bridgehead atoms. The minimum absolute atomic E-state index is 0.0924. The SMILES string of the molecule is Cn1cc(C2=C(c3cn(C)c4cc([N+](=O)[O-])ccc34)C(=O)N(COC(=O)c3ccc[n+](C)c3)C2=O)c2ccccc21.O=C(O)C(F)(F)F. The van der Waals surface area contributed by atoms with Gasteiger partial charge < -0.3 is 19.0 Å². The number of carboxylic acids is 1. The van der Waals surface area contributed by atoms with E-state index in [-0.39, 0.29) is 22.4 Å². The number of fused-ring (bicyclic) bond motifs is 2. The van der Waals surface area contributed by atoms with Crippen molar-refractivity contribution >= 4 is 62.4 Å². The van der Waals surface area contributed by atoms with Crippen LogP contribution < -0.4 is 4.57 Å². The second kappa shape index (κ2) is 12.5. The average Bonchev–Trinajstić information content (AvgIpc) is 3.63. The maximum Gasteiger partial charge on any atom is 0.490 e. The Hall–Kier alpha value is -6.32. The summed E-state index contributed by atoms with van der Waals surface area (Å²) in [6.07, 6.45) is 1.73. The molecule has 0 saturated heterocycles. The molecule has 2 aromatic carbocycles. The Balaban J connectivity index is 0.000000582. The number of carbonyl (C=O) groups excluding carboxylic acids is 3. The normalized spacial score (nSPS) is 13.2. The highest BCUT2D eigenvalue weighted by Crippen LogP contribution is 2.42. The number of non-ortho nitro benzene ring substituents is 1. The number of alkyl halides is 3. The minimum atomic E-state index is -5.08. The van der Waals surface area contributed by atoms with Crippen molar-refractivity contribution in [3.05, 3.63) is 106 Å². The molecule has 0 aliphatic carbocycles. The number of esters is 1. The molecule has 1 N–H and O–H groups in total. The second-order valence-electron chi connectivity index (χ2n) is 10.7. The van der Waals surface area contributed by atoms with Gasteiger partial charge in [-0.2, -0.15) is 13.2 Å². The van der Waals surface area contributed by atoms with Crippen LogP contribution in [-0.2, 0) is 40.3 Å². The van der Waals surface area contributed by atoms with Crippen molar-refractivity contribution < 1.29 is 51.7 Å². The number of ether oxygens (including phenoxy) is 1. The number of pyridine rings is 1. The van der Waals surface area contributed by atoms with E-state index in [4.69, 9.17) is 14.6 Å². The van der Waals surface area contributed by atoms with E-state index >= 15 is 0 Å². The van der Waals surface area contributed by atoms with Crippen LogP contribution in [-0.4, -0.2) is 60.7 Å². The van der Waals surface area contributed by atoms with Crippen molar-refractivity contribution in [2.24, 2.45) is 21.1 Å². The van der Waals surface area contributed by atoms with Crippen molar-refractivity contribution in [1.82, 2.24) is 14.0 Å². The first-order valence-corrected chi connectivity index (χ1v) is 13.9. The molecule has 0 unspecified atom stereocenters. The summed E-state index contributed by atoms with van der Waals surface area (Å²) in [5, 5.41) is 19.9. The van der Waals surface area contributed by atoms with Crippen molar-refractivity contribution in [3.63, 3.8) is 0 Å². The lowest BCUT2D eigenvalue weighted by molar-refractivity contribution is -0.671. The van der Waals surface area contributed by atoms with Gasteiger partial charge in [0.05, 0.1) is 21.6 Å². The fourth-order valence-electron chi connectivity index (χ4n) is 5.33. The Labute approximate surface area is 268 Å². The van der Waals surface area contributed by atoms with Crippen molar-refractivity contribution in [2.75, 3.05) is 6.73 Å². The number of rotatable bonds is 6. The van der Waals surface area contributed by atoms with Crippen LogP contribution in [0.15, 0.2) is 79.4 Å². The van der Waals surface area contributed by atoms with Crippen LogP contribution >= 0.6 is 0 Å². The van der Waals surface area contributed by atoms with Gasteiger partial charge in [0, 0.05) is 72.1 Å². The molecule has 3 aromatic heterocycles. The molecule has 0 saturated carbocycles. The highest BCUT2D eigenvalue weighted by atomic mass is 19.4. The summed E-state index contributed by atoms with van der Waals surface area (Å²) in [6.45, 7) is -0.580. The number of nitro groups is 1. The molecule has 6 rings (SSSR count). The van der Waals surface area contributed by atoms with Gasteiger partial charge in [0.1, 0.15) is 12.6 Å². The maximum absolute atomic E-state index is 14.0. The molecule has 48 heavy (non-hydrogen) atoms. The largest absolute Gasteiger partial charge is 0.490 e. The average molecular weight is 665 g/mol. The molecule has 0 fully saturated rings. The summed E-state index contributed by atoms with van der Waals surface area (Å²) in [5.41, 5.74) is 2.87. The minimum Gasteiger partial charge on any atom is -0.475 e. The van der Waals surface area contributed by atoms with Gasteiger partial charge >= 0.3 is 18.1 Å². The number of aromatic nitrogens is 3. The zero-order valence-electron chi connectivity index (χ0n) is 25.4. The number of para-hydroxylation sites is 1. The molecule has 0 spiro atoms. The molecule has 2 amide bonds. The monoisotopic (exact) mass is 664 g/mol. The predicted octanol–water partition coefficient (Wildman–Crippen LogP) is 4.13.